The van der Waals surface area contributed by atoms with E-state index in [0.717, 1.165) is 9.99 Å². The lowest BCUT2D eigenvalue weighted by molar-refractivity contribution is -0.121. The number of amides is 2. The Morgan fingerprint density at radius 1 is 1.24 bits per heavy atom. The summed E-state index contributed by atoms with van der Waals surface area (Å²) >= 11 is 2.17. The summed E-state index contributed by atoms with van der Waals surface area (Å²) in [4.78, 5) is 23.5. The average molecular weight is 401 g/mol. The van der Waals surface area contributed by atoms with Crippen molar-refractivity contribution >= 4 is 34.4 Å². The van der Waals surface area contributed by atoms with Gasteiger partial charge in [0.1, 0.15) is 0 Å². The van der Waals surface area contributed by atoms with Crippen LogP contribution in [0, 0.1) is 3.57 Å². The van der Waals surface area contributed by atoms with E-state index in [0.29, 0.717) is 11.3 Å². The van der Waals surface area contributed by atoms with Gasteiger partial charge in [0, 0.05) is 20.9 Å². The maximum Gasteiger partial charge on any atom is 0.269 e. The second-order valence-corrected chi connectivity index (χ2v) is 5.99. The van der Waals surface area contributed by atoms with E-state index in [1.165, 1.54) is 0 Å². The molecule has 0 fully saturated rings. The minimum atomic E-state index is -0.269. The van der Waals surface area contributed by atoms with Crippen molar-refractivity contribution in [1.29, 1.82) is 0 Å². The predicted octanol–water partition coefficient (Wildman–Crippen LogP) is 2.34. The molecule has 1 atom stereocenters. The fraction of sp³-hybridized carbons (Fsp3) is 0.333. The van der Waals surface area contributed by atoms with Gasteiger partial charge >= 0.3 is 0 Å². The highest BCUT2D eigenvalue weighted by atomic mass is 127. The summed E-state index contributed by atoms with van der Waals surface area (Å²) in [6, 6.07) is 7.30. The lowest BCUT2D eigenvalue weighted by Crippen LogP contribution is -2.39. The van der Waals surface area contributed by atoms with E-state index in [-0.39, 0.29) is 24.3 Å². The van der Waals surface area contributed by atoms with Gasteiger partial charge < -0.3 is 10.7 Å². The van der Waals surface area contributed by atoms with E-state index in [9.17, 15) is 9.59 Å². The summed E-state index contributed by atoms with van der Waals surface area (Å²) in [7, 11) is 0. The Morgan fingerprint density at radius 2 is 1.86 bits per heavy atom. The molecule has 0 aliphatic heterocycles. The van der Waals surface area contributed by atoms with Gasteiger partial charge in [-0.2, -0.15) is 0 Å². The Labute approximate surface area is 138 Å². The Kier molecular flexibility index (Phi) is 7.21. The molecular formula is C15H20IN3O2. The molecule has 1 aromatic carbocycles. The van der Waals surface area contributed by atoms with Gasteiger partial charge in [-0.25, -0.2) is 0 Å². The summed E-state index contributed by atoms with van der Waals surface area (Å²) in [6.07, 6.45) is 0.993. The molecule has 6 heteroatoms. The molecule has 0 aliphatic carbocycles. The number of hydrogen-bond donors (Lipinski definition) is 3. The Morgan fingerprint density at radius 3 is 2.43 bits per heavy atom. The van der Waals surface area contributed by atoms with Gasteiger partial charge in [0.25, 0.3) is 5.91 Å². The Balaban J connectivity index is 2.37. The van der Waals surface area contributed by atoms with Crippen molar-refractivity contribution in [3.63, 3.8) is 0 Å². The van der Waals surface area contributed by atoms with Crippen molar-refractivity contribution in [2.75, 3.05) is 0 Å². The standard InChI is InChI=1S/C15H20IN3O2/c1-4-10(2)17-14(20)9-11(3)18-19-15(21)12-5-7-13(16)8-6-12/h5-8,10,18H,3-4,9H2,1-2H3,(H,17,20)(H,19,21). The van der Waals surface area contributed by atoms with Crippen molar-refractivity contribution in [2.45, 2.75) is 32.7 Å². The molecule has 0 saturated heterocycles. The fourth-order valence-electron chi connectivity index (χ4n) is 1.48. The summed E-state index contributed by atoms with van der Waals surface area (Å²) in [5.74, 6) is -0.389. The van der Waals surface area contributed by atoms with Crippen LogP contribution in [0.4, 0.5) is 0 Å². The normalized spacial score (nSPS) is 11.4. The molecule has 1 aromatic rings. The zero-order valence-electron chi connectivity index (χ0n) is 12.2. The van der Waals surface area contributed by atoms with E-state index in [2.05, 4.69) is 45.3 Å². The molecule has 0 radical (unpaired) electrons. The zero-order chi connectivity index (χ0) is 15.8. The van der Waals surface area contributed by atoms with Crippen LogP contribution in [0.2, 0.25) is 0 Å². The van der Waals surface area contributed by atoms with Crippen molar-refractivity contribution in [3.05, 3.63) is 45.7 Å². The molecule has 1 rings (SSSR count). The van der Waals surface area contributed by atoms with Crippen LogP contribution in [0.3, 0.4) is 0 Å². The monoisotopic (exact) mass is 401 g/mol. The van der Waals surface area contributed by atoms with Crippen LogP contribution in [0.25, 0.3) is 0 Å². The fourth-order valence-corrected chi connectivity index (χ4v) is 1.84. The third-order valence-electron chi connectivity index (χ3n) is 2.85. The molecule has 0 heterocycles. The van der Waals surface area contributed by atoms with Crippen LogP contribution in [-0.2, 0) is 4.79 Å². The van der Waals surface area contributed by atoms with Gasteiger partial charge in [-0.1, -0.05) is 13.5 Å². The van der Waals surface area contributed by atoms with Crippen molar-refractivity contribution in [3.8, 4) is 0 Å². The molecule has 0 aliphatic rings. The van der Waals surface area contributed by atoms with Gasteiger partial charge in [0.2, 0.25) is 5.91 Å². The summed E-state index contributed by atoms with van der Waals surface area (Å²) in [6.45, 7) is 7.66. The number of hydrogen-bond acceptors (Lipinski definition) is 3. The molecule has 1 unspecified atom stereocenters. The van der Waals surface area contributed by atoms with Gasteiger partial charge in [-0.05, 0) is 60.2 Å². The lowest BCUT2D eigenvalue weighted by atomic mass is 10.2. The second-order valence-electron chi connectivity index (χ2n) is 4.74. The molecule has 3 N–H and O–H groups in total. The van der Waals surface area contributed by atoms with Crippen LogP contribution >= 0.6 is 22.6 Å². The van der Waals surface area contributed by atoms with Crippen LogP contribution in [0.15, 0.2) is 36.5 Å². The van der Waals surface area contributed by atoms with Crippen molar-refractivity contribution < 1.29 is 9.59 Å². The van der Waals surface area contributed by atoms with E-state index >= 15 is 0 Å². The van der Waals surface area contributed by atoms with Crippen LogP contribution in [0.5, 0.6) is 0 Å². The van der Waals surface area contributed by atoms with Crippen LogP contribution in [0.1, 0.15) is 37.0 Å². The molecule has 2 amide bonds. The highest BCUT2D eigenvalue weighted by molar-refractivity contribution is 14.1. The van der Waals surface area contributed by atoms with Gasteiger partial charge in [0.15, 0.2) is 0 Å². The minimum absolute atomic E-state index is 0.120. The second kappa shape index (κ2) is 8.66. The Bertz CT molecular complexity index is 514. The molecule has 0 spiro atoms. The molecule has 5 nitrogen and oxygen atoms in total. The third-order valence-corrected chi connectivity index (χ3v) is 3.57. The number of nitrogens with one attached hydrogen (secondary N) is 3. The summed E-state index contributed by atoms with van der Waals surface area (Å²) in [5.41, 5.74) is 6.16. The van der Waals surface area contributed by atoms with Crippen LogP contribution in [-0.4, -0.2) is 17.9 Å². The van der Waals surface area contributed by atoms with Crippen LogP contribution < -0.4 is 16.2 Å². The first-order valence-electron chi connectivity index (χ1n) is 6.71. The van der Waals surface area contributed by atoms with E-state index in [1.54, 1.807) is 12.1 Å². The number of hydrazine groups is 1. The molecule has 0 saturated carbocycles. The van der Waals surface area contributed by atoms with Crippen molar-refractivity contribution in [2.24, 2.45) is 0 Å². The molecule has 0 aromatic heterocycles. The maximum absolute atomic E-state index is 11.9. The van der Waals surface area contributed by atoms with E-state index < -0.39 is 0 Å². The first kappa shape index (κ1) is 17.5. The molecule has 0 bridgehead atoms. The third kappa shape index (κ3) is 6.61. The number of carbonyl (C=O) groups excluding carboxylic acids is 2. The molecule has 114 valence electrons. The van der Waals surface area contributed by atoms with Gasteiger partial charge in [-0.3, -0.25) is 15.0 Å². The SMILES string of the molecule is C=C(CC(=O)NC(C)CC)NNC(=O)c1ccc(I)cc1. The van der Waals surface area contributed by atoms with Gasteiger partial charge in [0.05, 0.1) is 6.42 Å². The topological polar surface area (TPSA) is 70.2 Å². The largest absolute Gasteiger partial charge is 0.353 e. The van der Waals surface area contributed by atoms with Crippen molar-refractivity contribution in [1.82, 2.24) is 16.2 Å². The zero-order valence-corrected chi connectivity index (χ0v) is 14.4. The first-order chi connectivity index (χ1) is 9.92. The maximum atomic E-state index is 11.9. The molecular weight excluding hydrogens is 381 g/mol. The van der Waals surface area contributed by atoms with E-state index in [4.69, 9.17) is 0 Å². The van der Waals surface area contributed by atoms with Gasteiger partial charge in [-0.15, -0.1) is 0 Å². The molecule has 21 heavy (non-hydrogen) atoms. The highest BCUT2D eigenvalue weighted by Crippen LogP contribution is 2.06. The highest BCUT2D eigenvalue weighted by Gasteiger charge is 2.09. The Hall–Kier alpha value is -1.57. The van der Waals surface area contributed by atoms with E-state index in [1.807, 2.05) is 26.0 Å². The number of benzene rings is 1. The average Bonchev–Trinajstić information content (AvgIpc) is 2.45. The first-order valence-corrected chi connectivity index (χ1v) is 7.79. The summed E-state index contributed by atoms with van der Waals surface area (Å²) < 4.78 is 1.06. The number of halogens is 1. The smallest absolute Gasteiger partial charge is 0.269 e. The predicted molar refractivity (Wildman–Crippen MR) is 91.4 cm³/mol. The summed E-state index contributed by atoms with van der Waals surface area (Å²) in [5, 5.41) is 2.83. The number of rotatable bonds is 7. The quantitative estimate of drug-likeness (QED) is 0.485. The minimum Gasteiger partial charge on any atom is -0.353 e. The lowest BCUT2D eigenvalue weighted by Gasteiger charge is -2.14. The number of carbonyl (C=O) groups is 2.